The molecule has 1 atom stereocenters. The predicted octanol–water partition coefficient (Wildman–Crippen LogP) is 8.34. The first-order chi connectivity index (χ1) is 17.3. The van der Waals surface area contributed by atoms with Gasteiger partial charge < -0.3 is 14.2 Å². The second kappa shape index (κ2) is 9.71. The van der Waals surface area contributed by atoms with Gasteiger partial charge in [-0.1, -0.05) is 78.4 Å². The average Bonchev–Trinajstić information content (AvgIpc) is 2.84. The minimum Gasteiger partial charge on any atom is -0.507 e. The van der Waals surface area contributed by atoms with Crippen molar-refractivity contribution < 1.29 is 14.2 Å². The molecule has 5 aromatic carbocycles. The lowest BCUT2D eigenvalue weighted by atomic mass is 9.92. The van der Waals surface area contributed by atoms with E-state index in [0.29, 0.717) is 12.4 Å². The highest BCUT2D eigenvalue weighted by Gasteiger charge is 2.30. The van der Waals surface area contributed by atoms with E-state index in [9.17, 15) is 5.11 Å². The summed E-state index contributed by atoms with van der Waals surface area (Å²) < 4.78 is 13.1. The third-order valence-electron chi connectivity index (χ3n) is 6.47. The third kappa shape index (κ3) is 4.30. The Hall–Kier alpha value is -3.17. The van der Waals surface area contributed by atoms with Gasteiger partial charge in [0.15, 0.2) is 0 Å². The second-order valence-corrected chi connectivity index (χ2v) is 12.4. The lowest BCUT2D eigenvalue weighted by Crippen LogP contribution is -2.19. The summed E-state index contributed by atoms with van der Waals surface area (Å²) in [6, 6.07) is 28.1. The van der Waals surface area contributed by atoms with Crippen LogP contribution >= 0.6 is 6.49 Å². The molecule has 5 heteroatoms. The Kier molecular flexibility index (Phi) is 6.61. The van der Waals surface area contributed by atoms with E-state index in [4.69, 9.17) is 20.9 Å². The van der Waals surface area contributed by atoms with Crippen molar-refractivity contribution in [2.24, 2.45) is 0 Å². The lowest BCUT2D eigenvalue weighted by molar-refractivity contribution is 0.339. The number of phenolic OH excluding ortho intramolecular Hbond substituents is 1. The molecule has 0 saturated heterocycles. The maximum Gasteiger partial charge on any atom is 0.269 e. The molecule has 0 bridgehead atoms. The predicted molar refractivity (Wildman–Crippen MR) is 155 cm³/mol. The van der Waals surface area contributed by atoms with E-state index in [1.54, 1.807) is 6.07 Å². The molecule has 0 fully saturated rings. The number of aryl methyl sites for hydroxylation is 3. The fraction of sp³-hybridized carbons (Fsp3) is 0.161. The van der Waals surface area contributed by atoms with Crippen molar-refractivity contribution in [2.75, 3.05) is 6.61 Å². The van der Waals surface area contributed by atoms with E-state index >= 15 is 0 Å². The second-order valence-electron chi connectivity index (χ2n) is 9.09. The van der Waals surface area contributed by atoms with Crippen LogP contribution in [0.4, 0.5) is 0 Å². The van der Waals surface area contributed by atoms with Crippen molar-refractivity contribution in [2.45, 2.75) is 27.7 Å². The minimum atomic E-state index is -2.94. The normalized spacial score (nSPS) is 13.1. The molecule has 3 nitrogen and oxygen atoms in total. The summed E-state index contributed by atoms with van der Waals surface area (Å²) in [6.45, 7) is 5.66. The topological polar surface area (TPSA) is 38.7 Å². The van der Waals surface area contributed by atoms with Crippen molar-refractivity contribution in [3.8, 4) is 22.6 Å². The maximum absolute atomic E-state index is 11.2. The fourth-order valence-electron chi connectivity index (χ4n) is 5.15. The first kappa shape index (κ1) is 24.5. The average molecular weight is 513 g/mol. The Morgan fingerprint density at radius 3 is 1.92 bits per heavy atom. The molecule has 36 heavy (non-hydrogen) atoms. The zero-order valence-electron chi connectivity index (χ0n) is 20.9. The van der Waals surface area contributed by atoms with E-state index in [0.717, 1.165) is 49.1 Å². The van der Waals surface area contributed by atoms with Crippen molar-refractivity contribution in [1.82, 2.24) is 0 Å². The fourth-order valence-corrected chi connectivity index (χ4v) is 8.59. The van der Waals surface area contributed by atoms with Gasteiger partial charge in [0.2, 0.25) is 0 Å². The monoisotopic (exact) mass is 512 g/mol. The Morgan fingerprint density at radius 1 is 0.750 bits per heavy atom. The molecule has 182 valence electrons. The minimum absolute atomic E-state index is 0.197. The van der Waals surface area contributed by atoms with Crippen molar-refractivity contribution in [1.29, 1.82) is 0 Å². The van der Waals surface area contributed by atoms with Gasteiger partial charge in [-0.3, -0.25) is 0 Å². The highest BCUT2D eigenvalue weighted by Crippen LogP contribution is 2.54. The molecule has 0 saturated carbocycles. The number of benzene rings is 5. The van der Waals surface area contributed by atoms with Crippen LogP contribution in [0.2, 0.25) is 0 Å². The van der Waals surface area contributed by atoms with E-state index in [1.165, 1.54) is 5.56 Å². The molecule has 0 aliphatic rings. The van der Waals surface area contributed by atoms with Crippen LogP contribution in [0.15, 0.2) is 84.9 Å². The number of hydrogen-bond acceptors (Lipinski definition) is 4. The summed E-state index contributed by atoms with van der Waals surface area (Å²) in [5.41, 5.74) is 4.87. The van der Waals surface area contributed by atoms with Crippen LogP contribution < -0.4 is 9.83 Å². The Labute approximate surface area is 217 Å². The number of phenols is 1. The smallest absolute Gasteiger partial charge is 0.269 e. The van der Waals surface area contributed by atoms with E-state index < -0.39 is 6.49 Å². The molecular weight excluding hydrogens is 483 g/mol. The van der Waals surface area contributed by atoms with Gasteiger partial charge in [-0.05, 0) is 84.3 Å². The van der Waals surface area contributed by atoms with Crippen LogP contribution in [0.25, 0.3) is 32.7 Å². The largest absolute Gasteiger partial charge is 0.507 e. The van der Waals surface area contributed by atoms with E-state index in [1.807, 2.05) is 61.5 Å². The van der Waals surface area contributed by atoms with E-state index in [-0.39, 0.29) is 5.75 Å². The summed E-state index contributed by atoms with van der Waals surface area (Å²) in [5, 5.41) is 16.2. The summed E-state index contributed by atoms with van der Waals surface area (Å²) >= 11 is 6.23. The lowest BCUT2D eigenvalue weighted by Gasteiger charge is -2.28. The molecule has 1 N–H and O–H groups in total. The zero-order chi connectivity index (χ0) is 25.4. The molecule has 0 heterocycles. The van der Waals surface area contributed by atoms with Gasteiger partial charge in [0, 0.05) is 11.1 Å². The third-order valence-corrected chi connectivity index (χ3v) is 9.85. The summed E-state index contributed by atoms with van der Waals surface area (Å²) in [7, 11) is 0. The first-order valence-corrected chi connectivity index (χ1v) is 14.7. The number of rotatable bonds is 6. The molecule has 0 amide bonds. The molecule has 0 aromatic heterocycles. The summed E-state index contributed by atoms with van der Waals surface area (Å²) in [6.07, 6.45) is 0. The van der Waals surface area contributed by atoms with Crippen LogP contribution in [0.5, 0.6) is 11.5 Å². The Balaban J connectivity index is 1.81. The van der Waals surface area contributed by atoms with Crippen LogP contribution in [-0.4, -0.2) is 11.7 Å². The zero-order valence-corrected chi connectivity index (χ0v) is 22.6. The highest BCUT2D eigenvalue weighted by molar-refractivity contribution is 8.13. The highest BCUT2D eigenvalue weighted by atomic mass is 32.5. The molecule has 5 aromatic rings. The molecule has 0 aliphatic carbocycles. The molecule has 0 aliphatic heterocycles. The van der Waals surface area contributed by atoms with Crippen LogP contribution in [0, 0.1) is 20.8 Å². The SMILES string of the molecule is CCOP(=S)(Oc1ccc2ccccc2c1-c1c(O)ccc2ccccc12)c1c(C)cc(C)cc1C. The molecule has 0 spiro atoms. The van der Waals surface area contributed by atoms with Gasteiger partial charge in [0.25, 0.3) is 6.49 Å². The number of hydrogen-bond donors (Lipinski definition) is 1. The number of fused-ring (bicyclic) bond motifs is 2. The maximum atomic E-state index is 11.2. The summed E-state index contributed by atoms with van der Waals surface area (Å²) in [4.78, 5) is 0. The number of aromatic hydroxyl groups is 1. The van der Waals surface area contributed by atoms with Crippen LogP contribution in [-0.2, 0) is 16.3 Å². The molecule has 1 unspecified atom stereocenters. The van der Waals surface area contributed by atoms with Gasteiger partial charge in [-0.15, -0.1) is 0 Å². The van der Waals surface area contributed by atoms with Crippen LogP contribution in [0.1, 0.15) is 23.6 Å². The van der Waals surface area contributed by atoms with Gasteiger partial charge in [-0.25, -0.2) is 0 Å². The van der Waals surface area contributed by atoms with Gasteiger partial charge in [0.05, 0.1) is 11.9 Å². The molecule has 5 rings (SSSR count). The van der Waals surface area contributed by atoms with E-state index in [2.05, 4.69) is 45.0 Å². The van der Waals surface area contributed by atoms with Gasteiger partial charge in [-0.2, -0.15) is 0 Å². The van der Waals surface area contributed by atoms with Crippen molar-refractivity contribution in [3.63, 3.8) is 0 Å². The van der Waals surface area contributed by atoms with Crippen molar-refractivity contribution >= 4 is 45.1 Å². The standard InChI is InChI=1S/C31H29O3PS/c1-5-33-35(36,31-21(3)18-20(2)19-22(31)4)34-28-17-15-24-11-7-9-13-26(24)30(28)29-25-12-8-6-10-23(25)14-16-27(29)32/h6-19,32H,5H2,1-4H3. The summed E-state index contributed by atoms with van der Waals surface area (Å²) in [5.74, 6) is 0.804. The first-order valence-electron chi connectivity index (χ1n) is 12.1. The quantitative estimate of drug-likeness (QED) is 0.232. The molecular formula is C31H29O3PS. The molecule has 0 radical (unpaired) electrons. The van der Waals surface area contributed by atoms with Gasteiger partial charge >= 0.3 is 0 Å². The van der Waals surface area contributed by atoms with Crippen LogP contribution in [0.3, 0.4) is 0 Å². The Bertz CT molecular complexity index is 1630. The van der Waals surface area contributed by atoms with Crippen molar-refractivity contribution in [3.05, 3.63) is 102 Å². The van der Waals surface area contributed by atoms with Gasteiger partial charge in [0.1, 0.15) is 11.5 Å². The Morgan fingerprint density at radius 2 is 1.31 bits per heavy atom.